The molecule has 5 nitrogen and oxygen atoms in total. The number of nitrogens with one attached hydrogen (secondary N) is 1. The lowest BCUT2D eigenvalue weighted by atomic mass is 10.1. The van der Waals surface area contributed by atoms with Crippen LogP contribution in [0.3, 0.4) is 0 Å². The van der Waals surface area contributed by atoms with E-state index in [0.717, 1.165) is 12.8 Å². The Bertz CT molecular complexity index is 457. The summed E-state index contributed by atoms with van der Waals surface area (Å²) in [4.78, 5) is 26.7. The van der Waals surface area contributed by atoms with Gasteiger partial charge in [0.25, 0.3) is 5.91 Å². The van der Waals surface area contributed by atoms with Crippen molar-refractivity contribution in [2.45, 2.75) is 25.3 Å². The van der Waals surface area contributed by atoms with Gasteiger partial charge in [-0.05, 0) is 24.5 Å². The van der Waals surface area contributed by atoms with E-state index in [9.17, 15) is 9.59 Å². The maximum Gasteiger partial charge on any atom is 0.326 e. The number of carbonyl (C=O) groups is 2. The van der Waals surface area contributed by atoms with Crippen LogP contribution in [0.15, 0.2) is 18.3 Å². The molecule has 0 radical (unpaired) electrons. The molecule has 0 saturated heterocycles. The number of carbonyl (C=O) groups excluding carboxylic acids is 1. The van der Waals surface area contributed by atoms with Gasteiger partial charge in [0, 0.05) is 6.20 Å². The second-order valence-electron chi connectivity index (χ2n) is 4.41. The monoisotopic (exact) mass is 268 g/mol. The van der Waals surface area contributed by atoms with Gasteiger partial charge < -0.3 is 10.4 Å². The quantitative estimate of drug-likeness (QED) is 0.852. The number of amides is 1. The average molecular weight is 269 g/mol. The molecule has 96 valence electrons. The predicted molar refractivity (Wildman–Crippen MR) is 65.5 cm³/mol. The Hall–Kier alpha value is -1.62. The molecule has 1 heterocycles. The summed E-state index contributed by atoms with van der Waals surface area (Å²) in [6.45, 7) is 0. The van der Waals surface area contributed by atoms with Crippen molar-refractivity contribution >= 4 is 23.5 Å². The van der Waals surface area contributed by atoms with E-state index in [-0.39, 0.29) is 5.69 Å². The van der Waals surface area contributed by atoms with Crippen LogP contribution in [0, 0.1) is 5.92 Å². The third kappa shape index (κ3) is 3.43. The normalized spacial score (nSPS) is 16.1. The Morgan fingerprint density at radius 2 is 2.22 bits per heavy atom. The van der Waals surface area contributed by atoms with Crippen molar-refractivity contribution in [3.63, 3.8) is 0 Å². The first-order valence-electron chi connectivity index (χ1n) is 5.71. The molecule has 1 aromatic rings. The molecule has 1 aliphatic carbocycles. The zero-order chi connectivity index (χ0) is 13.1. The minimum atomic E-state index is -1.01. The van der Waals surface area contributed by atoms with E-state index < -0.39 is 17.9 Å². The fraction of sp³-hybridized carbons (Fsp3) is 0.417. The van der Waals surface area contributed by atoms with Gasteiger partial charge in [-0.25, -0.2) is 9.78 Å². The van der Waals surface area contributed by atoms with Gasteiger partial charge >= 0.3 is 5.97 Å². The van der Waals surface area contributed by atoms with Crippen molar-refractivity contribution < 1.29 is 14.7 Å². The molecule has 0 bridgehead atoms. The number of carboxylic acid groups (broad SMARTS) is 1. The van der Waals surface area contributed by atoms with Crippen LogP contribution in [-0.2, 0) is 4.79 Å². The molecule has 0 aliphatic heterocycles. The number of nitrogens with zero attached hydrogens (tertiary/aromatic N) is 1. The highest BCUT2D eigenvalue weighted by molar-refractivity contribution is 6.30. The van der Waals surface area contributed by atoms with E-state index in [1.165, 1.54) is 12.3 Å². The molecule has 1 aliphatic rings. The highest BCUT2D eigenvalue weighted by atomic mass is 35.5. The smallest absolute Gasteiger partial charge is 0.326 e. The van der Waals surface area contributed by atoms with Crippen molar-refractivity contribution in [2.75, 3.05) is 0 Å². The van der Waals surface area contributed by atoms with Crippen molar-refractivity contribution in [3.05, 3.63) is 29.0 Å². The van der Waals surface area contributed by atoms with Gasteiger partial charge in [-0.3, -0.25) is 4.79 Å². The molecule has 1 amide bonds. The van der Waals surface area contributed by atoms with Crippen LogP contribution in [-0.4, -0.2) is 28.0 Å². The largest absolute Gasteiger partial charge is 0.480 e. The molecule has 0 unspecified atom stereocenters. The van der Waals surface area contributed by atoms with Crippen molar-refractivity contribution in [2.24, 2.45) is 5.92 Å². The van der Waals surface area contributed by atoms with E-state index in [4.69, 9.17) is 16.7 Å². The van der Waals surface area contributed by atoms with Crippen LogP contribution in [0.4, 0.5) is 0 Å². The lowest BCUT2D eigenvalue weighted by molar-refractivity contribution is -0.139. The summed E-state index contributed by atoms with van der Waals surface area (Å²) < 4.78 is 0. The van der Waals surface area contributed by atoms with E-state index in [0.29, 0.717) is 17.4 Å². The number of hydrogen-bond donors (Lipinski definition) is 2. The topological polar surface area (TPSA) is 79.3 Å². The van der Waals surface area contributed by atoms with Crippen LogP contribution in [0.2, 0.25) is 5.02 Å². The molecule has 6 heteroatoms. The number of pyridine rings is 1. The maximum atomic E-state index is 11.8. The van der Waals surface area contributed by atoms with Gasteiger partial charge in [0.2, 0.25) is 0 Å². The molecule has 1 aromatic heterocycles. The SMILES string of the molecule is O=C(N[C@@H](CC1CC1)C(=O)O)c1ccc(Cl)cn1. The Morgan fingerprint density at radius 3 is 2.72 bits per heavy atom. The fourth-order valence-electron chi connectivity index (χ4n) is 1.65. The Morgan fingerprint density at radius 1 is 1.50 bits per heavy atom. The molecule has 18 heavy (non-hydrogen) atoms. The maximum absolute atomic E-state index is 11.8. The molecular formula is C12H13ClN2O3. The van der Waals surface area contributed by atoms with Crippen LogP contribution in [0.5, 0.6) is 0 Å². The van der Waals surface area contributed by atoms with E-state index in [2.05, 4.69) is 10.3 Å². The van der Waals surface area contributed by atoms with Gasteiger partial charge in [-0.2, -0.15) is 0 Å². The van der Waals surface area contributed by atoms with E-state index in [1.807, 2.05) is 0 Å². The first kappa shape index (κ1) is 12.8. The van der Waals surface area contributed by atoms with Crippen LogP contribution in [0.1, 0.15) is 29.8 Å². The van der Waals surface area contributed by atoms with Gasteiger partial charge in [-0.15, -0.1) is 0 Å². The highest BCUT2D eigenvalue weighted by Gasteiger charge is 2.30. The minimum absolute atomic E-state index is 0.168. The van der Waals surface area contributed by atoms with Gasteiger partial charge in [-0.1, -0.05) is 24.4 Å². The molecule has 1 atom stereocenters. The van der Waals surface area contributed by atoms with Crippen molar-refractivity contribution in [1.82, 2.24) is 10.3 Å². The molecule has 1 fully saturated rings. The third-order valence-electron chi connectivity index (χ3n) is 2.83. The summed E-state index contributed by atoms with van der Waals surface area (Å²) in [6, 6.07) is 2.16. The third-order valence-corrected chi connectivity index (χ3v) is 3.05. The van der Waals surface area contributed by atoms with Crippen molar-refractivity contribution in [3.8, 4) is 0 Å². The summed E-state index contributed by atoms with van der Waals surface area (Å²) in [7, 11) is 0. The zero-order valence-electron chi connectivity index (χ0n) is 9.60. The van der Waals surface area contributed by atoms with Gasteiger partial charge in [0.15, 0.2) is 0 Å². The molecule has 2 rings (SSSR count). The first-order valence-corrected chi connectivity index (χ1v) is 6.09. The number of rotatable bonds is 5. The fourth-order valence-corrected chi connectivity index (χ4v) is 1.76. The number of aliphatic carboxylic acids is 1. The van der Waals surface area contributed by atoms with Crippen LogP contribution >= 0.6 is 11.6 Å². The second-order valence-corrected chi connectivity index (χ2v) is 4.84. The standard InChI is InChI=1S/C12H13ClN2O3/c13-8-3-4-9(14-6-8)11(16)15-10(12(17)18)5-7-1-2-7/h3-4,6-7,10H,1-2,5H2,(H,15,16)(H,17,18)/t10-/m0/s1. The summed E-state index contributed by atoms with van der Waals surface area (Å²) in [5, 5.41) is 11.9. The molecule has 0 spiro atoms. The molecule has 1 saturated carbocycles. The Kier molecular flexibility index (Phi) is 3.81. The van der Waals surface area contributed by atoms with E-state index in [1.54, 1.807) is 6.07 Å². The molecular weight excluding hydrogens is 256 g/mol. The lowest BCUT2D eigenvalue weighted by Gasteiger charge is -2.13. The summed E-state index contributed by atoms with van der Waals surface area (Å²) in [5.41, 5.74) is 0.168. The minimum Gasteiger partial charge on any atom is -0.480 e. The summed E-state index contributed by atoms with van der Waals surface area (Å²) >= 11 is 5.66. The summed E-state index contributed by atoms with van der Waals surface area (Å²) in [6.07, 6.45) is 3.92. The Labute approximate surface area is 109 Å². The zero-order valence-corrected chi connectivity index (χ0v) is 10.4. The van der Waals surface area contributed by atoms with Crippen molar-refractivity contribution in [1.29, 1.82) is 0 Å². The lowest BCUT2D eigenvalue weighted by Crippen LogP contribution is -2.41. The number of aromatic nitrogens is 1. The van der Waals surface area contributed by atoms with Gasteiger partial charge in [0.05, 0.1) is 5.02 Å². The number of carboxylic acids is 1. The number of hydrogen-bond acceptors (Lipinski definition) is 3. The predicted octanol–water partition coefficient (Wildman–Crippen LogP) is 1.72. The summed E-state index contributed by atoms with van der Waals surface area (Å²) in [5.74, 6) is -1.08. The highest BCUT2D eigenvalue weighted by Crippen LogP contribution is 2.33. The van der Waals surface area contributed by atoms with E-state index >= 15 is 0 Å². The first-order chi connectivity index (χ1) is 8.56. The second kappa shape index (κ2) is 5.35. The van der Waals surface area contributed by atoms with Gasteiger partial charge in [0.1, 0.15) is 11.7 Å². The average Bonchev–Trinajstić information content (AvgIpc) is 3.12. The Balaban J connectivity index is 1.99. The van der Waals surface area contributed by atoms with Crippen LogP contribution in [0.25, 0.3) is 0 Å². The number of halogens is 1. The molecule has 0 aromatic carbocycles. The van der Waals surface area contributed by atoms with Crippen LogP contribution < -0.4 is 5.32 Å². The molecule has 2 N–H and O–H groups in total.